The molecular formula is C28H20N2O20S6. The van der Waals surface area contributed by atoms with Gasteiger partial charge >= 0.3 is 0 Å². The van der Waals surface area contributed by atoms with Crippen LogP contribution in [0.2, 0.25) is 0 Å². The Balaban J connectivity index is 1.51. The van der Waals surface area contributed by atoms with Gasteiger partial charge in [-0.1, -0.05) is 15.1 Å². The van der Waals surface area contributed by atoms with Crippen molar-refractivity contribution in [3.8, 4) is 0 Å². The molecule has 56 heavy (non-hydrogen) atoms. The summed E-state index contributed by atoms with van der Waals surface area (Å²) in [5.74, 6) is -1.82. The van der Waals surface area contributed by atoms with Crippen molar-refractivity contribution in [2.24, 2.45) is 0 Å². The van der Waals surface area contributed by atoms with Crippen LogP contribution in [0.1, 0.15) is 20.7 Å². The number of carbonyl (C=O) groups excluding carboxylic acids is 2. The van der Waals surface area contributed by atoms with E-state index in [2.05, 4.69) is 38.7 Å². The largest absolute Gasteiger partial charge is 0.321 e. The van der Waals surface area contributed by atoms with Crippen LogP contribution >= 0.6 is 36.1 Å². The van der Waals surface area contributed by atoms with Gasteiger partial charge in [-0.2, -0.15) is 25.3 Å². The zero-order chi connectivity index (χ0) is 41.0. The molecule has 2 amide bonds. The molecular weight excluding hydrogens is 877 g/mol. The van der Waals surface area contributed by atoms with Gasteiger partial charge in [-0.3, -0.25) is 23.2 Å². The molecule has 0 aliphatic carbocycles. The molecule has 298 valence electrons. The van der Waals surface area contributed by atoms with Crippen molar-refractivity contribution in [2.45, 2.75) is 29.4 Å². The quantitative estimate of drug-likeness (QED) is 0.0261. The minimum absolute atomic E-state index is 0.00477. The first-order valence-electron chi connectivity index (χ1n) is 14.2. The van der Waals surface area contributed by atoms with E-state index < -0.39 is 56.9 Å². The van der Waals surface area contributed by atoms with E-state index in [9.17, 15) is 48.5 Å². The lowest BCUT2D eigenvalue weighted by Gasteiger charge is -2.15. The predicted octanol–water partition coefficient (Wildman–Crippen LogP) is 5.52. The van der Waals surface area contributed by atoms with Gasteiger partial charge in [-0.15, -0.1) is 13.0 Å². The molecule has 0 saturated heterocycles. The van der Waals surface area contributed by atoms with E-state index in [0.29, 0.717) is 24.1 Å². The van der Waals surface area contributed by atoms with Gasteiger partial charge in [-0.25, -0.2) is 15.8 Å². The number of hydrogen-bond acceptors (Lipinski definition) is 20. The normalized spacial score (nSPS) is 12.2. The molecule has 0 aliphatic heterocycles. The molecule has 0 atom stereocenters. The zero-order valence-corrected chi connectivity index (χ0v) is 31.7. The average Bonchev–Trinajstić information content (AvgIpc) is 3.13. The summed E-state index contributed by atoms with van der Waals surface area (Å²) < 4.78 is 115. The summed E-state index contributed by atoms with van der Waals surface area (Å²) in [4.78, 5) is 24.5. The van der Waals surface area contributed by atoms with Crippen LogP contribution in [-0.4, -0.2) is 66.5 Å². The first-order valence-corrected chi connectivity index (χ1v) is 20.7. The number of benzene rings is 5. The van der Waals surface area contributed by atoms with Gasteiger partial charge in [0.2, 0.25) is 0 Å². The average molecular weight is 897 g/mol. The summed E-state index contributed by atoms with van der Waals surface area (Å²) in [7, 11) is -14.9. The standard InChI is InChI=1S/C28H20N2O20S6/c31-27(29-21-9-17(51-48-45-33)5-15-6-18(52-49-46-34)10-24(26(15)21)56(42,43)44)13-1-3-14(4-2-13)28(32)30-22-11-19(54(36,37)38)7-16-8-20(55(39,40)41)12-23(25(16)22)53-50-47-35/h1-12,33-35H,(H,29,31)(H,30,32)(H,36,37,38)(H,39,40,41)(H,42,43,44). The number of anilines is 2. The number of fused-ring (bicyclic) bond motifs is 2. The Bertz CT molecular complexity index is 2670. The monoisotopic (exact) mass is 896 g/mol. The molecule has 0 fully saturated rings. The van der Waals surface area contributed by atoms with Gasteiger partial charge in [0.05, 0.1) is 57.3 Å². The van der Waals surface area contributed by atoms with Crippen molar-refractivity contribution < 1.29 is 92.4 Å². The zero-order valence-electron chi connectivity index (χ0n) is 26.8. The molecule has 0 bridgehead atoms. The van der Waals surface area contributed by atoms with Crippen molar-refractivity contribution in [1.29, 1.82) is 0 Å². The summed E-state index contributed by atoms with van der Waals surface area (Å²) in [6.07, 6.45) is 0. The summed E-state index contributed by atoms with van der Waals surface area (Å²) in [5.41, 5.74) is -0.829. The lowest BCUT2D eigenvalue weighted by Crippen LogP contribution is -2.15. The Morgan fingerprint density at radius 1 is 0.518 bits per heavy atom. The van der Waals surface area contributed by atoms with Crippen LogP contribution in [0.5, 0.6) is 0 Å². The minimum atomic E-state index is -4.99. The Morgan fingerprint density at radius 3 is 1.41 bits per heavy atom. The molecule has 0 saturated carbocycles. The van der Waals surface area contributed by atoms with Crippen molar-refractivity contribution in [3.63, 3.8) is 0 Å². The summed E-state index contributed by atoms with van der Waals surface area (Å²) in [6.45, 7) is 0. The minimum Gasteiger partial charge on any atom is -0.321 e. The fraction of sp³-hybridized carbons (Fsp3) is 0. The molecule has 0 spiro atoms. The molecule has 0 aliphatic rings. The van der Waals surface area contributed by atoms with E-state index in [0.717, 1.165) is 54.6 Å². The fourth-order valence-electron chi connectivity index (χ4n) is 5.03. The number of rotatable bonds is 16. The third-order valence-corrected chi connectivity index (χ3v) is 11.5. The van der Waals surface area contributed by atoms with Gasteiger partial charge in [0.25, 0.3) is 42.2 Å². The molecule has 0 radical (unpaired) electrons. The Labute approximate surface area is 326 Å². The highest BCUT2D eigenvalue weighted by atomic mass is 32.2. The van der Waals surface area contributed by atoms with E-state index in [1.165, 1.54) is 18.2 Å². The van der Waals surface area contributed by atoms with E-state index in [1.54, 1.807) is 0 Å². The fourth-order valence-corrected chi connectivity index (χ4v) is 8.51. The lowest BCUT2D eigenvalue weighted by molar-refractivity contribution is -0.432. The first-order chi connectivity index (χ1) is 26.3. The van der Waals surface area contributed by atoms with Crippen LogP contribution in [0.4, 0.5) is 11.4 Å². The highest BCUT2D eigenvalue weighted by Crippen LogP contribution is 2.40. The molecule has 5 rings (SSSR count). The predicted molar refractivity (Wildman–Crippen MR) is 192 cm³/mol. The van der Waals surface area contributed by atoms with E-state index in [1.807, 2.05) is 0 Å². The van der Waals surface area contributed by atoms with Crippen LogP contribution in [0.25, 0.3) is 21.5 Å². The molecule has 0 heterocycles. The number of nitrogens with one attached hydrogen (secondary N) is 2. The maximum atomic E-state index is 13.4. The molecule has 8 N–H and O–H groups in total. The molecule has 0 aromatic heterocycles. The van der Waals surface area contributed by atoms with E-state index in [4.69, 9.17) is 15.8 Å². The number of amides is 2. The second-order valence-electron chi connectivity index (χ2n) is 10.6. The first kappa shape index (κ1) is 43.1. The number of carbonyl (C=O) groups is 2. The maximum absolute atomic E-state index is 13.4. The molecule has 28 heteroatoms. The van der Waals surface area contributed by atoms with Crippen molar-refractivity contribution in [2.75, 3.05) is 10.6 Å². The van der Waals surface area contributed by atoms with Gasteiger partial charge < -0.3 is 10.6 Å². The second kappa shape index (κ2) is 17.6. The van der Waals surface area contributed by atoms with Crippen molar-refractivity contribution >= 4 is 111 Å². The van der Waals surface area contributed by atoms with E-state index >= 15 is 0 Å². The van der Waals surface area contributed by atoms with Crippen molar-refractivity contribution in [3.05, 3.63) is 83.9 Å². The summed E-state index contributed by atoms with van der Waals surface area (Å²) >= 11 is 0.986. The third-order valence-electron chi connectivity index (χ3n) is 7.17. The smallest absolute Gasteiger partial charge is 0.295 e. The molecule has 5 aromatic rings. The van der Waals surface area contributed by atoms with Gasteiger partial charge in [0, 0.05) is 36.6 Å². The lowest BCUT2D eigenvalue weighted by atomic mass is 10.1. The topological polar surface area (TPSA) is 337 Å². The van der Waals surface area contributed by atoms with Crippen LogP contribution in [0.3, 0.4) is 0 Å². The Hall–Kier alpha value is -4.02. The molecule has 0 unspecified atom stereocenters. The van der Waals surface area contributed by atoms with Crippen molar-refractivity contribution in [1.82, 2.24) is 0 Å². The SMILES string of the molecule is O=C(Nc1cc(S(=O)(=O)O)cc2cc(S(=O)(=O)O)cc(SOOO)c12)c1ccc(C(=O)Nc2cc(SOOO)cc3cc(SOOO)cc(S(=O)(=O)O)c23)cc1. The second-order valence-corrected chi connectivity index (χ2v) is 17.1. The van der Waals surface area contributed by atoms with Gasteiger partial charge in [0.1, 0.15) is 4.90 Å². The molecule has 22 nitrogen and oxygen atoms in total. The third kappa shape index (κ3) is 10.3. The van der Waals surface area contributed by atoms with Crippen LogP contribution in [-0.2, 0) is 58.5 Å². The highest BCUT2D eigenvalue weighted by molar-refractivity contribution is 7.95. The van der Waals surface area contributed by atoms with Crippen LogP contribution < -0.4 is 10.6 Å². The van der Waals surface area contributed by atoms with Crippen LogP contribution in [0, 0.1) is 0 Å². The van der Waals surface area contributed by atoms with Crippen LogP contribution in [0.15, 0.2) is 102 Å². The molecule has 5 aromatic carbocycles. The Morgan fingerprint density at radius 2 is 0.946 bits per heavy atom. The van der Waals surface area contributed by atoms with Gasteiger partial charge in [0.15, 0.2) is 0 Å². The van der Waals surface area contributed by atoms with Gasteiger partial charge in [-0.05, 0) is 83.6 Å². The maximum Gasteiger partial charge on any atom is 0.295 e. The highest BCUT2D eigenvalue weighted by Gasteiger charge is 2.24. The Kier molecular flexibility index (Phi) is 13.6. The summed E-state index contributed by atoms with van der Waals surface area (Å²) in [5, 5.41) is 40.8. The van der Waals surface area contributed by atoms with E-state index in [-0.39, 0.29) is 70.8 Å². The summed E-state index contributed by atoms with van der Waals surface area (Å²) in [6, 6.07) is 12.7. The number of hydrogen-bond donors (Lipinski definition) is 8.